The number of rotatable bonds is 8. The molecule has 0 unspecified atom stereocenters. The third-order valence-corrected chi connectivity index (χ3v) is 5.27. The maximum atomic E-state index is 13.5. The lowest BCUT2D eigenvalue weighted by molar-refractivity contribution is -0.153. The Hall–Kier alpha value is -3.63. The van der Waals surface area contributed by atoms with E-state index in [4.69, 9.17) is 14.2 Å². The smallest absolute Gasteiger partial charge is 0.422 e. The van der Waals surface area contributed by atoms with E-state index in [2.05, 4.69) is 0 Å². The van der Waals surface area contributed by atoms with Crippen LogP contribution >= 0.6 is 0 Å². The molecule has 2 aromatic heterocycles. The van der Waals surface area contributed by atoms with Gasteiger partial charge in [-0.3, -0.25) is 4.79 Å². The maximum Gasteiger partial charge on any atom is 0.422 e. The molecular formula is C22H23F3N2O6. The first kappa shape index (κ1) is 24.0. The van der Waals surface area contributed by atoms with Crippen LogP contribution in [0.3, 0.4) is 0 Å². The highest BCUT2D eigenvalue weighted by Gasteiger charge is 2.32. The first-order valence-corrected chi connectivity index (χ1v) is 9.91. The average molecular weight is 468 g/mol. The van der Waals surface area contributed by atoms with Crippen LogP contribution < -0.4 is 19.8 Å². The van der Waals surface area contributed by atoms with Crippen molar-refractivity contribution < 1.29 is 37.3 Å². The Bertz CT molecular complexity index is 1260. The molecule has 3 rings (SSSR count). The zero-order valence-electron chi connectivity index (χ0n) is 18.4. The van der Waals surface area contributed by atoms with Crippen molar-refractivity contribution in [3.63, 3.8) is 0 Å². The van der Waals surface area contributed by atoms with E-state index in [1.54, 1.807) is 24.3 Å². The first-order valence-electron chi connectivity index (χ1n) is 9.91. The molecule has 0 bridgehead atoms. The van der Waals surface area contributed by atoms with Gasteiger partial charge in [0.2, 0.25) is 0 Å². The van der Waals surface area contributed by atoms with E-state index in [-0.39, 0.29) is 17.4 Å². The van der Waals surface area contributed by atoms with Crippen molar-refractivity contribution in [1.29, 1.82) is 0 Å². The van der Waals surface area contributed by atoms with Gasteiger partial charge in [0.05, 0.1) is 26.3 Å². The largest absolute Gasteiger partial charge is 0.497 e. The van der Waals surface area contributed by atoms with Crippen LogP contribution in [-0.2, 0) is 20.0 Å². The Morgan fingerprint density at radius 1 is 1.15 bits per heavy atom. The predicted molar refractivity (Wildman–Crippen MR) is 114 cm³/mol. The molecule has 0 aliphatic carbocycles. The number of nitrogens with zero attached hydrogens (tertiary/aromatic N) is 2. The molecule has 0 aliphatic heterocycles. The molecule has 0 amide bonds. The van der Waals surface area contributed by atoms with Crippen molar-refractivity contribution >= 4 is 16.9 Å². The lowest BCUT2D eigenvalue weighted by Gasteiger charge is -2.16. The highest BCUT2D eigenvalue weighted by Crippen LogP contribution is 2.33. The highest BCUT2D eigenvalue weighted by molar-refractivity contribution is 6.00. The van der Waals surface area contributed by atoms with E-state index < -0.39 is 35.8 Å². The van der Waals surface area contributed by atoms with Gasteiger partial charge in [-0.1, -0.05) is 6.92 Å². The summed E-state index contributed by atoms with van der Waals surface area (Å²) in [5.74, 6) is -1.11. The number of carboxylic acids is 1. The lowest BCUT2D eigenvalue weighted by Crippen LogP contribution is -2.25. The number of aromatic carboxylic acids is 1. The number of aromatic nitrogens is 2. The number of methoxy groups -OCH3 is 2. The van der Waals surface area contributed by atoms with Crippen molar-refractivity contribution in [2.45, 2.75) is 26.1 Å². The lowest BCUT2D eigenvalue weighted by atomic mass is 10.1. The number of halogens is 3. The third kappa shape index (κ3) is 4.62. The van der Waals surface area contributed by atoms with Crippen LogP contribution in [0.2, 0.25) is 0 Å². The number of pyridine rings is 1. The number of hydrogen-bond acceptors (Lipinski definition) is 5. The summed E-state index contributed by atoms with van der Waals surface area (Å²) in [4.78, 5) is 25.3. The van der Waals surface area contributed by atoms with E-state index in [1.807, 2.05) is 6.92 Å². The second-order valence-corrected chi connectivity index (χ2v) is 7.26. The van der Waals surface area contributed by atoms with Gasteiger partial charge in [-0.25, -0.2) is 4.79 Å². The Kier molecular flexibility index (Phi) is 6.61. The molecule has 0 spiro atoms. The van der Waals surface area contributed by atoms with Crippen molar-refractivity contribution in [3.8, 4) is 17.2 Å². The number of hydrogen-bond donors (Lipinski definition) is 1. The van der Waals surface area contributed by atoms with E-state index in [1.165, 1.54) is 25.8 Å². The number of fused-ring (bicyclic) bond motifs is 1. The van der Waals surface area contributed by atoms with Crippen molar-refractivity contribution in [2.75, 3.05) is 20.8 Å². The van der Waals surface area contributed by atoms with E-state index in [9.17, 15) is 27.9 Å². The predicted octanol–water partition coefficient (Wildman–Crippen LogP) is 3.61. The summed E-state index contributed by atoms with van der Waals surface area (Å²) in [5.41, 5.74) is 0.109. The monoisotopic (exact) mass is 468 g/mol. The molecule has 0 atom stereocenters. The van der Waals surface area contributed by atoms with Gasteiger partial charge in [-0.05, 0) is 30.7 Å². The topological polar surface area (TPSA) is 91.9 Å². The van der Waals surface area contributed by atoms with Crippen LogP contribution in [0, 0.1) is 0 Å². The van der Waals surface area contributed by atoms with Gasteiger partial charge in [0.25, 0.3) is 5.56 Å². The number of alkyl halides is 3. The van der Waals surface area contributed by atoms with Gasteiger partial charge in [-0.15, -0.1) is 0 Å². The molecule has 3 aromatic rings. The van der Waals surface area contributed by atoms with Crippen LogP contribution in [0.5, 0.6) is 17.2 Å². The number of aryl methyl sites for hydroxylation is 2. The number of benzene rings is 1. The fourth-order valence-electron chi connectivity index (χ4n) is 3.73. The summed E-state index contributed by atoms with van der Waals surface area (Å²) < 4.78 is 56.5. The Morgan fingerprint density at radius 3 is 2.39 bits per heavy atom. The zero-order chi connectivity index (χ0) is 24.5. The molecule has 0 saturated heterocycles. The van der Waals surface area contributed by atoms with E-state index in [0.29, 0.717) is 29.2 Å². The van der Waals surface area contributed by atoms with E-state index in [0.717, 1.165) is 4.57 Å². The number of carbonyl (C=O) groups is 1. The van der Waals surface area contributed by atoms with Crippen molar-refractivity contribution in [3.05, 3.63) is 51.6 Å². The quantitative estimate of drug-likeness (QED) is 0.543. The van der Waals surface area contributed by atoms with Crippen molar-refractivity contribution in [1.82, 2.24) is 9.13 Å². The molecular weight excluding hydrogens is 445 g/mol. The first-order chi connectivity index (χ1) is 15.5. The van der Waals surface area contributed by atoms with Crippen LogP contribution in [0.1, 0.15) is 28.7 Å². The van der Waals surface area contributed by atoms with Gasteiger partial charge < -0.3 is 28.5 Å². The minimum absolute atomic E-state index is 0.0222. The summed E-state index contributed by atoms with van der Waals surface area (Å²) in [7, 11) is 4.32. The van der Waals surface area contributed by atoms with Gasteiger partial charge in [0, 0.05) is 18.3 Å². The molecule has 33 heavy (non-hydrogen) atoms. The number of ether oxygens (including phenoxy) is 3. The molecule has 178 valence electrons. The normalized spacial score (nSPS) is 11.6. The second kappa shape index (κ2) is 9.08. The fraction of sp³-hybridized carbons (Fsp3) is 0.364. The van der Waals surface area contributed by atoms with Gasteiger partial charge in [0.1, 0.15) is 16.9 Å². The summed E-state index contributed by atoms with van der Waals surface area (Å²) in [6.45, 7) is 0.0986. The Morgan fingerprint density at radius 2 is 1.85 bits per heavy atom. The highest BCUT2D eigenvalue weighted by atomic mass is 19.4. The van der Waals surface area contributed by atoms with Crippen LogP contribution in [-0.4, -0.2) is 47.2 Å². The minimum Gasteiger partial charge on any atom is -0.497 e. The SMILES string of the molecule is CCc1cc2c(c(OCC(F)(F)F)c(C(=O)O)n2C)c(=O)n1Cc1cc(OC)ccc1OC. The Labute approximate surface area is 186 Å². The maximum absolute atomic E-state index is 13.5. The zero-order valence-corrected chi connectivity index (χ0v) is 18.4. The van der Waals surface area contributed by atoms with Gasteiger partial charge >= 0.3 is 12.1 Å². The summed E-state index contributed by atoms with van der Waals surface area (Å²) >= 11 is 0. The summed E-state index contributed by atoms with van der Waals surface area (Å²) in [5, 5.41) is 9.37. The molecule has 8 nitrogen and oxygen atoms in total. The molecule has 2 heterocycles. The molecule has 0 aliphatic rings. The Balaban J connectivity index is 2.28. The molecule has 1 aromatic carbocycles. The molecule has 1 N–H and O–H groups in total. The van der Waals surface area contributed by atoms with Crippen LogP contribution in [0.4, 0.5) is 13.2 Å². The van der Waals surface area contributed by atoms with Gasteiger partial charge in [-0.2, -0.15) is 13.2 Å². The number of carboxylic acid groups (broad SMARTS) is 1. The molecule has 0 radical (unpaired) electrons. The standard InChI is InChI=1S/C22H23F3N2O6/c1-5-13-9-15-17(19(33-11-22(23,24)25)18(21(29)30)26(15)2)20(28)27(13)10-12-8-14(31-3)6-7-16(12)32-4/h6-9H,5,10-11H2,1-4H3,(H,29,30). The van der Waals surface area contributed by atoms with Crippen LogP contribution in [0.25, 0.3) is 10.9 Å². The van der Waals surface area contributed by atoms with Gasteiger partial charge in [0.15, 0.2) is 18.1 Å². The van der Waals surface area contributed by atoms with Crippen LogP contribution in [0.15, 0.2) is 29.1 Å². The molecule has 0 saturated carbocycles. The third-order valence-electron chi connectivity index (χ3n) is 5.27. The minimum atomic E-state index is -4.71. The summed E-state index contributed by atoms with van der Waals surface area (Å²) in [6, 6.07) is 6.63. The molecule has 11 heteroatoms. The second-order valence-electron chi connectivity index (χ2n) is 7.26. The van der Waals surface area contributed by atoms with E-state index >= 15 is 0 Å². The fourth-order valence-corrected chi connectivity index (χ4v) is 3.73. The average Bonchev–Trinajstić information content (AvgIpc) is 3.05. The summed E-state index contributed by atoms with van der Waals surface area (Å²) in [6.07, 6.45) is -4.31. The van der Waals surface area contributed by atoms with Crippen molar-refractivity contribution in [2.24, 2.45) is 7.05 Å². The molecule has 0 fully saturated rings.